The lowest BCUT2D eigenvalue weighted by Gasteiger charge is -2.17. The van der Waals surface area contributed by atoms with E-state index in [9.17, 15) is 9.59 Å². The van der Waals surface area contributed by atoms with E-state index >= 15 is 0 Å². The van der Waals surface area contributed by atoms with E-state index in [1.54, 1.807) is 13.8 Å². The first kappa shape index (κ1) is 16.0. The van der Waals surface area contributed by atoms with Crippen LogP contribution in [0.1, 0.15) is 47.0 Å². The van der Waals surface area contributed by atoms with Gasteiger partial charge in [0.2, 0.25) is 0 Å². The molecule has 1 aliphatic rings. The van der Waals surface area contributed by atoms with Crippen molar-refractivity contribution in [2.24, 2.45) is 5.92 Å². The molecular formula is C14H25NO4. The quantitative estimate of drug-likeness (QED) is 0.682. The summed E-state index contributed by atoms with van der Waals surface area (Å²) in [7, 11) is 0. The van der Waals surface area contributed by atoms with Crippen molar-refractivity contribution >= 4 is 11.9 Å². The predicted octanol–water partition coefficient (Wildman–Crippen LogP) is 1.65. The summed E-state index contributed by atoms with van der Waals surface area (Å²) < 4.78 is 10.5. The molecule has 1 rings (SSSR count). The molecule has 0 spiro atoms. The summed E-state index contributed by atoms with van der Waals surface area (Å²) in [4.78, 5) is 23.3. The molecule has 19 heavy (non-hydrogen) atoms. The zero-order chi connectivity index (χ0) is 14.4. The number of carbonyl (C=O) groups excluding carboxylic acids is 2. The van der Waals surface area contributed by atoms with Crippen LogP contribution < -0.4 is 5.32 Å². The molecule has 2 atom stereocenters. The standard InChI is InChI=1S/C14H25NO4/c1-9(2)7-8-18-11(4)14(17)19-10(3)13(16)15-12-5-6-12/h9-12H,5-8H2,1-4H3,(H,15,16). The van der Waals surface area contributed by atoms with Gasteiger partial charge in [0.1, 0.15) is 0 Å². The van der Waals surface area contributed by atoms with Gasteiger partial charge in [-0.3, -0.25) is 4.79 Å². The summed E-state index contributed by atoms with van der Waals surface area (Å²) in [6, 6.07) is 0.272. The van der Waals surface area contributed by atoms with Crippen LogP contribution in [0.5, 0.6) is 0 Å². The van der Waals surface area contributed by atoms with Gasteiger partial charge in [0, 0.05) is 12.6 Å². The summed E-state index contributed by atoms with van der Waals surface area (Å²) in [5.74, 6) is -0.182. The van der Waals surface area contributed by atoms with Crippen molar-refractivity contribution in [3.05, 3.63) is 0 Å². The van der Waals surface area contributed by atoms with Crippen molar-refractivity contribution in [3.8, 4) is 0 Å². The van der Waals surface area contributed by atoms with E-state index in [0.717, 1.165) is 19.3 Å². The average molecular weight is 271 g/mol. The Morgan fingerprint density at radius 3 is 2.32 bits per heavy atom. The molecule has 1 aliphatic carbocycles. The molecule has 0 aliphatic heterocycles. The van der Waals surface area contributed by atoms with Gasteiger partial charge in [-0.15, -0.1) is 0 Å². The fourth-order valence-electron chi connectivity index (χ4n) is 1.42. The Bertz CT molecular complexity index is 313. The lowest BCUT2D eigenvalue weighted by atomic mass is 10.1. The lowest BCUT2D eigenvalue weighted by Crippen LogP contribution is -2.39. The summed E-state index contributed by atoms with van der Waals surface area (Å²) in [5, 5.41) is 2.80. The Labute approximate surface area is 115 Å². The number of amides is 1. The van der Waals surface area contributed by atoms with Crippen LogP contribution in [0.3, 0.4) is 0 Å². The van der Waals surface area contributed by atoms with E-state index in [0.29, 0.717) is 12.5 Å². The lowest BCUT2D eigenvalue weighted by molar-refractivity contribution is -0.165. The van der Waals surface area contributed by atoms with Gasteiger partial charge in [-0.25, -0.2) is 4.79 Å². The molecule has 1 fully saturated rings. The first-order chi connectivity index (χ1) is 8.90. The van der Waals surface area contributed by atoms with Crippen LogP contribution in [0.2, 0.25) is 0 Å². The average Bonchev–Trinajstić information content (AvgIpc) is 3.11. The van der Waals surface area contributed by atoms with Crippen molar-refractivity contribution in [3.63, 3.8) is 0 Å². The molecule has 110 valence electrons. The van der Waals surface area contributed by atoms with Crippen molar-refractivity contribution in [2.45, 2.75) is 65.2 Å². The molecule has 0 saturated heterocycles. The molecule has 1 saturated carbocycles. The number of carbonyl (C=O) groups is 2. The summed E-state index contributed by atoms with van der Waals surface area (Å²) >= 11 is 0. The molecule has 0 heterocycles. The van der Waals surface area contributed by atoms with Gasteiger partial charge in [0.25, 0.3) is 5.91 Å². The fourth-order valence-corrected chi connectivity index (χ4v) is 1.42. The molecule has 1 N–H and O–H groups in total. The highest BCUT2D eigenvalue weighted by Crippen LogP contribution is 2.18. The third-order valence-electron chi connectivity index (χ3n) is 2.98. The molecular weight excluding hydrogens is 246 g/mol. The van der Waals surface area contributed by atoms with Gasteiger partial charge < -0.3 is 14.8 Å². The highest BCUT2D eigenvalue weighted by Gasteiger charge is 2.28. The molecule has 0 aromatic carbocycles. The number of hydrogen-bond donors (Lipinski definition) is 1. The van der Waals surface area contributed by atoms with Crippen molar-refractivity contribution < 1.29 is 19.1 Å². The van der Waals surface area contributed by atoms with Gasteiger partial charge >= 0.3 is 5.97 Å². The monoisotopic (exact) mass is 271 g/mol. The van der Waals surface area contributed by atoms with Gasteiger partial charge in [-0.1, -0.05) is 13.8 Å². The van der Waals surface area contributed by atoms with Crippen LogP contribution >= 0.6 is 0 Å². The fraction of sp³-hybridized carbons (Fsp3) is 0.857. The largest absolute Gasteiger partial charge is 0.451 e. The smallest absolute Gasteiger partial charge is 0.335 e. The van der Waals surface area contributed by atoms with E-state index < -0.39 is 18.2 Å². The third kappa shape index (κ3) is 6.57. The SMILES string of the molecule is CC(C)CCOC(C)C(=O)OC(C)C(=O)NC1CC1. The molecule has 0 aromatic heterocycles. The molecule has 2 unspecified atom stereocenters. The topological polar surface area (TPSA) is 64.6 Å². The maximum atomic E-state index is 11.7. The van der Waals surface area contributed by atoms with Crippen LogP contribution in [0.15, 0.2) is 0 Å². The van der Waals surface area contributed by atoms with Gasteiger partial charge in [-0.2, -0.15) is 0 Å². The van der Waals surface area contributed by atoms with Gasteiger partial charge in [-0.05, 0) is 39.0 Å². The minimum Gasteiger partial charge on any atom is -0.451 e. The summed E-state index contributed by atoms with van der Waals surface area (Å²) in [5.41, 5.74) is 0. The maximum absolute atomic E-state index is 11.7. The molecule has 5 heteroatoms. The Kier molecular flexibility index (Phi) is 6.28. The molecule has 0 aromatic rings. The number of ether oxygens (including phenoxy) is 2. The predicted molar refractivity (Wildman–Crippen MR) is 71.6 cm³/mol. The van der Waals surface area contributed by atoms with E-state index in [1.165, 1.54) is 0 Å². The maximum Gasteiger partial charge on any atom is 0.335 e. The second-order valence-corrected chi connectivity index (χ2v) is 5.56. The zero-order valence-electron chi connectivity index (χ0n) is 12.3. The number of nitrogens with one attached hydrogen (secondary N) is 1. The highest BCUT2D eigenvalue weighted by molar-refractivity contribution is 5.84. The molecule has 0 radical (unpaired) electrons. The zero-order valence-corrected chi connectivity index (χ0v) is 12.3. The van der Waals surface area contributed by atoms with Gasteiger partial charge in [0.15, 0.2) is 12.2 Å². The first-order valence-electron chi connectivity index (χ1n) is 7.02. The highest BCUT2D eigenvalue weighted by atomic mass is 16.6. The van der Waals surface area contributed by atoms with E-state index in [-0.39, 0.29) is 11.9 Å². The van der Waals surface area contributed by atoms with Crippen molar-refractivity contribution in [1.29, 1.82) is 0 Å². The molecule has 1 amide bonds. The van der Waals surface area contributed by atoms with Crippen LogP contribution in [0, 0.1) is 5.92 Å². The Morgan fingerprint density at radius 2 is 1.79 bits per heavy atom. The molecule has 0 bridgehead atoms. The van der Waals surface area contributed by atoms with E-state index in [2.05, 4.69) is 19.2 Å². The summed E-state index contributed by atoms with van der Waals surface area (Å²) in [6.45, 7) is 7.94. The second kappa shape index (κ2) is 7.48. The Morgan fingerprint density at radius 1 is 1.16 bits per heavy atom. The van der Waals surface area contributed by atoms with Crippen LogP contribution in [-0.4, -0.2) is 36.7 Å². The Balaban J connectivity index is 2.21. The van der Waals surface area contributed by atoms with E-state index in [1.807, 2.05) is 0 Å². The van der Waals surface area contributed by atoms with Crippen LogP contribution in [0.4, 0.5) is 0 Å². The molecule has 5 nitrogen and oxygen atoms in total. The number of hydrogen-bond acceptors (Lipinski definition) is 4. The third-order valence-corrected chi connectivity index (χ3v) is 2.98. The Hall–Kier alpha value is -1.10. The second-order valence-electron chi connectivity index (χ2n) is 5.56. The van der Waals surface area contributed by atoms with Crippen molar-refractivity contribution in [2.75, 3.05) is 6.61 Å². The normalized spacial score (nSPS) is 17.9. The van der Waals surface area contributed by atoms with Crippen LogP contribution in [0.25, 0.3) is 0 Å². The van der Waals surface area contributed by atoms with Crippen molar-refractivity contribution in [1.82, 2.24) is 5.32 Å². The van der Waals surface area contributed by atoms with Gasteiger partial charge in [0.05, 0.1) is 0 Å². The minimum atomic E-state index is -0.760. The first-order valence-corrected chi connectivity index (χ1v) is 7.02. The summed E-state index contributed by atoms with van der Waals surface area (Å²) in [6.07, 6.45) is 1.54. The van der Waals surface area contributed by atoms with E-state index in [4.69, 9.17) is 9.47 Å². The number of rotatable bonds is 8. The number of esters is 1. The van der Waals surface area contributed by atoms with Crippen LogP contribution in [-0.2, 0) is 19.1 Å². The minimum absolute atomic E-state index is 0.231.